The molecule has 0 radical (unpaired) electrons. The first-order valence-corrected chi connectivity index (χ1v) is 5.34. The molecule has 0 aliphatic carbocycles. The first kappa shape index (κ1) is 10.2. The average molecular weight is 207 g/mol. The summed E-state index contributed by atoms with van der Waals surface area (Å²) in [6.07, 6.45) is 2.33. The number of nitrogens with two attached hydrogens (primary N) is 1. The Hall–Kier alpha value is -1.29. The zero-order valence-corrected chi connectivity index (χ0v) is 8.99. The molecule has 1 fully saturated rings. The van der Waals surface area contributed by atoms with Crippen LogP contribution in [0.15, 0.2) is 16.9 Å². The Kier molecular flexibility index (Phi) is 2.77. The third-order valence-corrected chi connectivity index (χ3v) is 3.03. The number of nitrogens with zero attached hydrogens (tertiary/aromatic N) is 1. The minimum absolute atomic E-state index is 0.166. The van der Waals surface area contributed by atoms with Crippen LogP contribution in [-0.4, -0.2) is 30.0 Å². The Labute approximate surface area is 89.1 Å². The molecule has 82 valence electrons. The van der Waals surface area contributed by atoms with Crippen LogP contribution >= 0.6 is 0 Å². The van der Waals surface area contributed by atoms with E-state index in [0.717, 1.165) is 25.2 Å². The van der Waals surface area contributed by atoms with Crippen LogP contribution in [0.4, 0.5) is 5.69 Å². The minimum Gasteiger partial charge on any atom is -0.394 e. The molecule has 1 saturated heterocycles. The lowest BCUT2D eigenvalue weighted by Crippen LogP contribution is -2.32. The van der Waals surface area contributed by atoms with Crippen molar-refractivity contribution in [2.45, 2.75) is 18.8 Å². The van der Waals surface area contributed by atoms with E-state index in [4.69, 9.17) is 5.73 Å². The van der Waals surface area contributed by atoms with Gasteiger partial charge in [0.15, 0.2) is 0 Å². The number of aromatic nitrogens is 1. The lowest BCUT2D eigenvalue weighted by Gasteiger charge is -2.29. The number of nitrogens with one attached hydrogen (secondary N) is 1. The van der Waals surface area contributed by atoms with Gasteiger partial charge in [0.05, 0.1) is 5.69 Å². The van der Waals surface area contributed by atoms with Crippen molar-refractivity contribution in [3.8, 4) is 0 Å². The topological polar surface area (TPSA) is 62.1 Å². The first-order chi connectivity index (χ1) is 7.16. The summed E-state index contributed by atoms with van der Waals surface area (Å²) in [4.78, 5) is 16.5. The Morgan fingerprint density at radius 1 is 1.53 bits per heavy atom. The number of anilines is 1. The van der Waals surface area contributed by atoms with Crippen LogP contribution < -0.4 is 11.3 Å². The smallest absolute Gasteiger partial charge is 0.271 e. The normalized spacial score (nSPS) is 22.9. The van der Waals surface area contributed by atoms with Gasteiger partial charge in [-0.25, -0.2) is 0 Å². The fourth-order valence-electron chi connectivity index (χ4n) is 2.16. The Morgan fingerprint density at radius 2 is 2.33 bits per heavy atom. The van der Waals surface area contributed by atoms with Gasteiger partial charge >= 0.3 is 0 Å². The van der Waals surface area contributed by atoms with Crippen LogP contribution in [0.1, 0.15) is 24.5 Å². The van der Waals surface area contributed by atoms with Crippen LogP contribution in [-0.2, 0) is 0 Å². The van der Waals surface area contributed by atoms with E-state index in [1.54, 1.807) is 6.07 Å². The summed E-state index contributed by atoms with van der Waals surface area (Å²) in [6.45, 7) is 2.16. The zero-order chi connectivity index (χ0) is 10.8. The van der Waals surface area contributed by atoms with Crippen molar-refractivity contribution in [1.82, 2.24) is 9.88 Å². The minimum atomic E-state index is -0.166. The number of H-pyrrole nitrogens is 1. The van der Waals surface area contributed by atoms with Crippen molar-refractivity contribution in [3.63, 3.8) is 0 Å². The molecule has 1 aromatic rings. The second-order valence-corrected chi connectivity index (χ2v) is 4.30. The molecule has 4 heteroatoms. The number of likely N-dealkylation sites (N-methyl/N-ethyl adjacent to an activating group) is 1. The van der Waals surface area contributed by atoms with Gasteiger partial charge in [-0.15, -0.1) is 0 Å². The van der Waals surface area contributed by atoms with Gasteiger partial charge in [0.1, 0.15) is 0 Å². The van der Waals surface area contributed by atoms with E-state index in [2.05, 4.69) is 16.9 Å². The molecule has 1 aliphatic heterocycles. The van der Waals surface area contributed by atoms with Crippen LogP contribution in [0.2, 0.25) is 0 Å². The molecular weight excluding hydrogens is 190 g/mol. The van der Waals surface area contributed by atoms with E-state index < -0.39 is 0 Å². The number of aromatic amines is 1. The summed E-state index contributed by atoms with van der Waals surface area (Å²) in [5.41, 5.74) is 6.63. The second kappa shape index (κ2) is 4.06. The molecule has 1 unspecified atom stereocenters. The van der Waals surface area contributed by atoms with E-state index in [-0.39, 0.29) is 5.56 Å². The molecule has 0 spiro atoms. The van der Waals surface area contributed by atoms with Crippen molar-refractivity contribution < 1.29 is 0 Å². The summed E-state index contributed by atoms with van der Waals surface area (Å²) >= 11 is 0. The summed E-state index contributed by atoms with van der Waals surface area (Å²) in [5.74, 6) is 0.442. The van der Waals surface area contributed by atoms with Gasteiger partial charge < -0.3 is 15.6 Å². The number of pyridine rings is 1. The molecule has 1 aromatic heterocycles. The van der Waals surface area contributed by atoms with Gasteiger partial charge in [-0.2, -0.15) is 0 Å². The van der Waals surface area contributed by atoms with Gasteiger partial charge in [-0.05, 0) is 38.6 Å². The van der Waals surface area contributed by atoms with Crippen molar-refractivity contribution >= 4 is 5.69 Å². The third-order valence-electron chi connectivity index (χ3n) is 3.03. The molecule has 0 aromatic carbocycles. The van der Waals surface area contributed by atoms with Gasteiger partial charge in [0, 0.05) is 18.2 Å². The highest BCUT2D eigenvalue weighted by Crippen LogP contribution is 2.23. The molecule has 0 bridgehead atoms. The average Bonchev–Trinajstić information content (AvgIpc) is 2.22. The number of likely N-dealkylation sites (tertiary alicyclic amines) is 1. The molecule has 2 heterocycles. The molecule has 3 N–H and O–H groups in total. The van der Waals surface area contributed by atoms with Gasteiger partial charge in [0.2, 0.25) is 0 Å². The fourth-order valence-corrected chi connectivity index (χ4v) is 2.16. The third kappa shape index (κ3) is 2.21. The lowest BCUT2D eigenvalue weighted by molar-refractivity contribution is 0.248. The zero-order valence-electron chi connectivity index (χ0n) is 8.99. The van der Waals surface area contributed by atoms with Gasteiger partial charge in [-0.3, -0.25) is 4.79 Å². The lowest BCUT2D eigenvalue weighted by atomic mass is 9.94. The van der Waals surface area contributed by atoms with Crippen LogP contribution in [0, 0.1) is 0 Å². The molecule has 1 aliphatic rings. The maximum Gasteiger partial charge on any atom is 0.271 e. The van der Waals surface area contributed by atoms with Gasteiger partial charge in [0.25, 0.3) is 5.56 Å². The molecular formula is C11H17N3O. The molecule has 4 nitrogen and oxygen atoms in total. The highest BCUT2D eigenvalue weighted by Gasteiger charge is 2.19. The SMILES string of the molecule is CN1CCCC(c2ccc(N)c(=O)[nH]2)C1. The summed E-state index contributed by atoms with van der Waals surface area (Å²) in [6, 6.07) is 3.63. The first-order valence-electron chi connectivity index (χ1n) is 5.34. The Morgan fingerprint density at radius 3 is 3.00 bits per heavy atom. The van der Waals surface area contributed by atoms with E-state index >= 15 is 0 Å². The number of rotatable bonds is 1. The second-order valence-electron chi connectivity index (χ2n) is 4.30. The van der Waals surface area contributed by atoms with E-state index in [1.807, 2.05) is 6.07 Å². The molecule has 15 heavy (non-hydrogen) atoms. The number of hydrogen-bond acceptors (Lipinski definition) is 3. The number of hydrogen-bond donors (Lipinski definition) is 2. The quantitative estimate of drug-likeness (QED) is 0.715. The van der Waals surface area contributed by atoms with Crippen LogP contribution in [0.3, 0.4) is 0 Å². The molecule has 1 atom stereocenters. The highest BCUT2D eigenvalue weighted by molar-refractivity contribution is 5.35. The summed E-state index contributed by atoms with van der Waals surface area (Å²) in [5, 5.41) is 0. The fraction of sp³-hybridized carbons (Fsp3) is 0.545. The van der Waals surface area contributed by atoms with Crippen LogP contribution in [0.25, 0.3) is 0 Å². The molecule has 0 amide bonds. The van der Waals surface area contributed by atoms with E-state index in [0.29, 0.717) is 11.6 Å². The monoisotopic (exact) mass is 207 g/mol. The molecule has 0 saturated carbocycles. The number of piperidine rings is 1. The van der Waals surface area contributed by atoms with Crippen molar-refractivity contribution in [2.75, 3.05) is 25.9 Å². The van der Waals surface area contributed by atoms with E-state index in [1.165, 1.54) is 6.42 Å². The largest absolute Gasteiger partial charge is 0.394 e. The predicted octanol–water partition coefficient (Wildman–Crippen LogP) is 0.766. The van der Waals surface area contributed by atoms with E-state index in [9.17, 15) is 4.79 Å². The molecule has 2 rings (SSSR count). The van der Waals surface area contributed by atoms with Gasteiger partial charge in [-0.1, -0.05) is 0 Å². The Bertz CT molecular complexity index is 399. The maximum atomic E-state index is 11.4. The number of nitrogen functional groups attached to an aromatic ring is 1. The highest BCUT2D eigenvalue weighted by atomic mass is 16.1. The van der Waals surface area contributed by atoms with Crippen molar-refractivity contribution in [2.24, 2.45) is 0 Å². The predicted molar refractivity (Wildman–Crippen MR) is 60.9 cm³/mol. The summed E-state index contributed by atoms with van der Waals surface area (Å²) < 4.78 is 0. The van der Waals surface area contributed by atoms with Crippen molar-refractivity contribution in [1.29, 1.82) is 0 Å². The standard InChI is InChI=1S/C11H17N3O/c1-14-6-2-3-8(7-14)10-5-4-9(12)11(15)13-10/h4-5,8H,2-3,6-7,12H2,1H3,(H,13,15). The summed E-state index contributed by atoms with van der Waals surface area (Å²) in [7, 11) is 2.11. The maximum absolute atomic E-state index is 11.4. The van der Waals surface area contributed by atoms with Crippen molar-refractivity contribution in [3.05, 3.63) is 28.2 Å². The van der Waals surface area contributed by atoms with Crippen LogP contribution in [0.5, 0.6) is 0 Å². The Balaban J connectivity index is 2.21.